The van der Waals surface area contributed by atoms with Crippen molar-refractivity contribution in [1.29, 1.82) is 0 Å². The van der Waals surface area contributed by atoms with Crippen LogP contribution in [0.3, 0.4) is 0 Å². The van der Waals surface area contributed by atoms with E-state index in [-0.39, 0.29) is 12.0 Å². The van der Waals surface area contributed by atoms with E-state index in [2.05, 4.69) is 35.9 Å². The lowest BCUT2D eigenvalue weighted by Gasteiger charge is -2.24. The summed E-state index contributed by atoms with van der Waals surface area (Å²) < 4.78 is 7.33. The van der Waals surface area contributed by atoms with Gasteiger partial charge in [-0.2, -0.15) is 10.1 Å². The van der Waals surface area contributed by atoms with E-state index >= 15 is 0 Å². The SMILES string of the molecule is CO[C@@H]1C[C@@H](C(=O)Nc2cnccn2)N(c2nc(Nc3cc(C4CC4)[nH]n3)c3cccn3n2)C1. The number of anilines is 4. The van der Waals surface area contributed by atoms with Gasteiger partial charge in [0.05, 0.1) is 12.3 Å². The fraction of sp³-hybridized carbons (Fsp3) is 0.364. The summed E-state index contributed by atoms with van der Waals surface area (Å²) in [6.45, 7) is 0.482. The standard InChI is InChI=1S/C22H24N10O2/c1-34-14-9-17(21(33)26-19-11-23-6-7-24-19)31(12-14)22-27-20(16-3-2-8-32(16)30-22)25-18-10-15(28-29-18)13-4-5-13/h2-3,6-8,10-11,13-14,17H,4-5,9,12H2,1H3,(H,24,26,33)(H2,25,27,28,29,30)/t14-,17+/m1/s1. The Hall–Kier alpha value is -4.06. The molecule has 34 heavy (non-hydrogen) atoms. The lowest BCUT2D eigenvalue weighted by Crippen LogP contribution is -2.41. The van der Waals surface area contributed by atoms with Crippen LogP contribution in [-0.4, -0.2) is 66.5 Å². The first-order valence-corrected chi connectivity index (χ1v) is 11.2. The number of H-pyrrole nitrogens is 1. The maximum Gasteiger partial charge on any atom is 0.248 e. The Balaban J connectivity index is 1.31. The molecule has 2 aliphatic rings. The molecule has 2 fully saturated rings. The van der Waals surface area contributed by atoms with Gasteiger partial charge >= 0.3 is 0 Å². The number of nitrogens with zero attached hydrogens (tertiary/aromatic N) is 7. The fourth-order valence-corrected chi connectivity index (χ4v) is 4.27. The minimum Gasteiger partial charge on any atom is -0.380 e. The maximum atomic E-state index is 13.2. The molecule has 1 amide bonds. The number of aromatic nitrogens is 7. The van der Waals surface area contributed by atoms with Crippen LogP contribution in [0, 0.1) is 0 Å². The van der Waals surface area contributed by atoms with Gasteiger partial charge in [0.1, 0.15) is 11.6 Å². The average molecular weight is 461 g/mol. The second kappa shape index (κ2) is 8.37. The molecule has 1 saturated carbocycles. The summed E-state index contributed by atoms with van der Waals surface area (Å²) in [5.41, 5.74) is 1.94. The zero-order valence-electron chi connectivity index (χ0n) is 18.5. The molecule has 12 heteroatoms. The minimum atomic E-state index is -0.528. The minimum absolute atomic E-state index is 0.134. The third-order valence-electron chi connectivity index (χ3n) is 6.21. The van der Waals surface area contributed by atoms with Gasteiger partial charge in [-0.3, -0.25) is 14.9 Å². The molecular formula is C22H24N10O2. The van der Waals surface area contributed by atoms with Crippen molar-refractivity contribution in [2.75, 3.05) is 29.2 Å². The third-order valence-corrected chi connectivity index (χ3v) is 6.21. The molecule has 0 unspecified atom stereocenters. The summed E-state index contributed by atoms with van der Waals surface area (Å²) in [6, 6.07) is 5.33. The highest BCUT2D eigenvalue weighted by molar-refractivity contribution is 5.96. The van der Waals surface area contributed by atoms with Crippen molar-refractivity contribution in [2.45, 2.75) is 37.3 Å². The molecule has 0 aromatic carbocycles. The number of methoxy groups -OCH3 is 1. The van der Waals surface area contributed by atoms with Crippen molar-refractivity contribution >= 4 is 34.8 Å². The molecule has 0 spiro atoms. The summed E-state index contributed by atoms with van der Waals surface area (Å²) in [4.78, 5) is 28.0. The largest absolute Gasteiger partial charge is 0.380 e. The van der Waals surface area contributed by atoms with Crippen LogP contribution in [0.5, 0.6) is 0 Å². The first-order chi connectivity index (χ1) is 16.7. The van der Waals surface area contributed by atoms with Crippen molar-refractivity contribution in [3.8, 4) is 0 Å². The van der Waals surface area contributed by atoms with Crippen LogP contribution >= 0.6 is 0 Å². The number of nitrogens with one attached hydrogen (secondary N) is 3. The molecule has 3 N–H and O–H groups in total. The van der Waals surface area contributed by atoms with Gasteiger partial charge in [-0.25, -0.2) is 9.50 Å². The number of hydrogen-bond acceptors (Lipinski definition) is 9. The first kappa shape index (κ1) is 20.5. The molecule has 0 bridgehead atoms. The molecule has 1 aliphatic heterocycles. The van der Waals surface area contributed by atoms with E-state index in [1.54, 1.807) is 17.8 Å². The van der Waals surface area contributed by atoms with Crippen LogP contribution in [0.15, 0.2) is 43.0 Å². The predicted octanol–water partition coefficient (Wildman–Crippen LogP) is 2.10. The number of ether oxygens (including phenoxy) is 1. The van der Waals surface area contributed by atoms with Crippen LogP contribution in [0.25, 0.3) is 5.52 Å². The highest BCUT2D eigenvalue weighted by atomic mass is 16.5. The van der Waals surface area contributed by atoms with E-state index in [1.807, 2.05) is 29.3 Å². The highest BCUT2D eigenvalue weighted by Gasteiger charge is 2.39. The number of carbonyl (C=O) groups excluding carboxylic acids is 1. The van der Waals surface area contributed by atoms with Gasteiger partial charge in [0, 0.05) is 56.3 Å². The summed E-state index contributed by atoms with van der Waals surface area (Å²) in [5, 5.41) is 18.3. The number of carbonyl (C=O) groups is 1. The summed E-state index contributed by atoms with van der Waals surface area (Å²) in [6.07, 6.45) is 9.20. The van der Waals surface area contributed by atoms with Crippen molar-refractivity contribution in [2.24, 2.45) is 0 Å². The van der Waals surface area contributed by atoms with Gasteiger partial charge in [0.25, 0.3) is 0 Å². The number of aromatic amines is 1. The molecule has 12 nitrogen and oxygen atoms in total. The molecule has 1 saturated heterocycles. The molecule has 4 aromatic rings. The molecule has 5 heterocycles. The van der Waals surface area contributed by atoms with Crippen molar-refractivity contribution in [1.82, 2.24) is 34.8 Å². The Bertz CT molecular complexity index is 1320. The maximum absolute atomic E-state index is 13.2. The van der Waals surface area contributed by atoms with Crippen LogP contribution in [-0.2, 0) is 9.53 Å². The second-order valence-corrected chi connectivity index (χ2v) is 8.55. The Labute approximate surface area is 194 Å². The van der Waals surface area contributed by atoms with Crippen molar-refractivity contribution < 1.29 is 9.53 Å². The van der Waals surface area contributed by atoms with Gasteiger partial charge in [-0.15, -0.1) is 5.10 Å². The Morgan fingerprint density at radius 3 is 2.97 bits per heavy atom. The fourth-order valence-electron chi connectivity index (χ4n) is 4.27. The zero-order chi connectivity index (χ0) is 23.1. The normalized spacial score (nSPS) is 20.1. The molecule has 0 radical (unpaired) electrons. The summed E-state index contributed by atoms with van der Waals surface area (Å²) in [5.74, 6) is 2.47. The van der Waals surface area contributed by atoms with Gasteiger partial charge < -0.3 is 20.3 Å². The lowest BCUT2D eigenvalue weighted by molar-refractivity contribution is -0.117. The number of hydrogen-bond donors (Lipinski definition) is 3. The Morgan fingerprint density at radius 2 is 2.18 bits per heavy atom. The van der Waals surface area contributed by atoms with Crippen LogP contribution in [0.4, 0.5) is 23.4 Å². The van der Waals surface area contributed by atoms with Gasteiger partial charge in [-0.05, 0) is 25.0 Å². The van der Waals surface area contributed by atoms with E-state index in [4.69, 9.17) is 9.72 Å². The highest BCUT2D eigenvalue weighted by Crippen LogP contribution is 2.39. The number of amides is 1. The van der Waals surface area contributed by atoms with Gasteiger partial charge in [0.15, 0.2) is 17.5 Å². The van der Waals surface area contributed by atoms with E-state index in [0.29, 0.717) is 42.3 Å². The Kier molecular flexibility index (Phi) is 5.06. The van der Waals surface area contributed by atoms with Crippen LogP contribution in [0.1, 0.15) is 30.9 Å². The third kappa shape index (κ3) is 3.92. The van der Waals surface area contributed by atoms with Crippen LogP contribution in [0.2, 0.25) is 0 Å². The molecule has 1 aliphatic carbocycles. The molecular weight excluding hydrogens is 436 g/mol. The van der Waals surface area contributed by atoms with Crippen molar-refractivity contribution in [3.63, 3.8) is 0 Å². The topological polar surface area (TPSA) is 138 Å². The Morgan fingerprint density at radius 1 is 1.26 bits per heavy atom. The lowest BCUT2D eigenvalue weighted by atomic mass is 10.2. The quantitative estimate of drug-likeness (QED) is 0.378. The molecule has 6 rings (SSSR count). The summed E-state index contributed by atoms with van der Waals surface area (Å²) in [7, 11) is 1.64. The van der Waals surface area contributed by atoms with Crippen LogP contribution < -0.4 is 15.5 Å². The zero-order valence-corrected chi connectivity index (χ0v) is 18.5. The predicted molar refractivity (Wildman–Crippen MR) is 124 cm³/mol. The number of rotatable bonds is 7. The molecule has 4 aromatic heterocycles. The van der Waals surface area contributed by atoms with Gasteiger partial charge in [-0.1, -0.05) is 0 Å². The summed E-state index contributed by atoms with van der Waals surface area (Å²) >= 11 is 0. The number of fused-ring (bicyclic) bond motifs is 1. The smallest absolute Gasteiger partial charge is 0.248 e. The van der Waals surface area contributed by atoms with E-state index in [9.17, 15) is 4.79 Å². The van der Waals surface area contributed by atoms with E-state index in [1.165, 1.54) is 25.2 Å². The van der Waals surface area contributed by atoms with Crippen molar-refractivity contribution in [3.05, 3.63) is 48.7 Å². The second-order valence-electron chi connectivity index (χ2n) is 8.55. The first-order valence-electron chi connectivity index (χ1n) is 11.2. The molecule has 2 atom stereocenters. The van der Waals surface area contributed by atoms with E-state index < -0.39 is 6.04 Å². The monoisotopic (exact) mass is 460 g/mol. The van der Waals surface area contributed by atoms with E-state index in [0.717, 1.165) is 11.2 Å². The molecule has 174 valence electrons. The van der Waals surface area contributed by atoms with Gasteiger partial charge in [0.2, 0.25) is 11.9 Å². The average Bonchev–Trinajstić information content (AvgIpc) is 3.24.